The van der Waals surface area contributed by atoms with Crippen LogP contribution in [0, 0.1) is 12.3 Å². The van der Waals surface area contributed by atoms with Gasteiger partial charge in [-0.15, -0.1) is 6.42 Å². The first-order chi connectivity index (χ1) is 4.16. The van der Waals surface area contributed by atoms with Crippen LogP contribution in [0.4, 0.5) is 0 Å². The molecule has 0 bridgehead atoms. The molecule has 1 rings (SSSR count). The van der Waals surface area contributed by atoms with E-state index in [2.05, 4.69) is 5.92 Å². The van der Waals surface area contributed by atoms with Crippen molar-refractivity contribution in [3.8, 4) is 12.3 Å². The average molecular weight is 125 g/mol. The lowest BCUT2D eigenvalue weighted by molar-refractivity contribution is 0.112. The molecule has 0 aliphatic carbocycles. The fourth-order valence-corrected chi connectivity index (χ4v) is 1.10. The zero-order valence-corrected chi connectivity index (χ0v) is 5.59. The van der Waals surface area contributed by atoms with E-state index in [-0.39, 0.29) is 0 Å². The molecule has 0 aromatic rings. The van der Waals surface area contributed by atoms with Crippen molar-refractivity contribution in [1.82, 2.24) is 4.90 Å². The summed E-state index contributed by atoms with van der Waals surface area (Å²) in [6.45, 7) is 1.52. The van der Waals surface area contributed by atoms with Crippen LogP contribution in [0.25, 0.3) is 0 Å². The summed E-state index contributed by atoms with van der Waals surface area (Å²) < 4.78 is 0. The smallest absolute Gasteiger partial charge is 0.139 e. The van der Waals surface area contributed by atoms with Crippen LogP contribution in [0.15, 0.2) is 0 Å². The monoisotopic (exact) mass is 125 g/mol. The van der Waals surface area contributed by atoms with Gasteiger partial charge in [0, 0.05) is 19.5 Å². The third kappa shape index (κ3) is 1.24. The highest BCUT2D eigenvalue weighted by Gasteiger charge is 2.31. The number of hydrogen-bond acceptors (Lipinski definition) is 2. The molecule has 1 heterocycles. The number of aliphatic hydroxyl groups is 1. The summed E-state index contributed by atoms with van der Waals surface area (Å²) in [6.07, 6.45) is 5.81. The van der Waals surface area contributed by atoms with Crippen LogP contribution in [0.2, 0.25) is 0 Å². The lowest BCUT2D eigenvalue weighted by atomic mass is 10.1. The molecule has 2 nitrogen and oxygen atoms in total. The Balaban J connectivity index is 2.58. The third-order valence-corrected chi connectivity index (χ3v) is 1.71. The predicted octanol–water partition coefficient (Wildman–Crippen LogP) is -0.314. The average Bonchev–Trinajstić information content (AvgIpc) is 2.13. The van der Waals surface area contributed by atoms with Gasteiger partial charge in [0.1, 0.15) is 5.60 Å². The molecule has 0 aromatic carbocycles. The topological polar surface area (TPSA) is 23.5 Å². The highest BCUT2D eigenvalue weighted by molar-refractivity contribution is 5.11. The van der Waals surface area contributed by atoms with Crippen molar-refractivity contribution in [2.24, 2.45) is 0 Å². The van der Waals surface area contributed by atoms with Gasteiger partial charge in [0.05, 0.1) is 0 Å². The van der Waals surface area contributed by atoms with Crippen LogP contribution in [-0.4, -0.2) is 35.7 Å². The summed E-state index contributed by atoms with van der Waals surface area (Å²) >= 11 is 0. The quantitative estimate of drug-likeness (QED) is 0.449. The molecule has 1 atom stereocenters. The number of likely N-dealkylation sites (tertiary alicyclic amines) is 1. The third-order valence-electron chi connectivity index (χ3n) is 1.71. The van der Waals surface area contributed by atoms with Crippen molar-refractivity contribution in [2.45, 2.75) is 12.0 Å². The Morgan fingerprint density at radius 3 is 2.67 bits per heavy atom. The maximum Gasteiger partial charge on any atom is 0.139 e. The van der Waals surface area contributed by atoms with E-state index in [0.717, 1.165) is 6.54 Å². The molecule has 9 heavy (non-hydrogen) atoms. The second-order valence-electron chi connectivity index (χ2n) is 2.66. The first kappa shape index (κ1) is 6.60. The number of terminal acetylenes is 1. The van der Waals surface area contributed by atoms with Crippen LogP contribution in [0.1, 0.15) is 6.42 Å². The van der Waals surface area contributed by atoms with Crippen LogP contribution < -0.4 is 0 Å². The predicted molar refractivity (Wildman–Crippen MR) is 35.9 cm³/mol. The Hall–Kier alpha value is -0.520. The number of likely N-dealkylation sites (N-methyl/N-ethyl adjacent to an activating group) is 1. The molecule has 0 radical (unpaired) electrons. The van der Waals surface area contributed by atoms with E-state index in [1.807, 2.05) is 11.9 Å². The Morgan fingerprint density at radius 1 is 1.78 bits per heavy atom. The van der Waals surface area contributed by atoms with Gasteiger partial charge in [-0.2, -0.15) is 0 Å². The molecule has 0 spiro atoms. The number of hydrogen-bond donors (Lipinski definition) is 1. The standard InChI is InChI=1S/C7H11NO/c1-3-7(9)4-5-8(2)6-7/h1,9H,4-6H2,2H3/t7-/m0/s1. The van der Waals surface area contributed by atoms with Crippen molar-refractivity contribution in [3.05, 3.63) is 0 Å². The van der Waals surface area contributed by atoms with Crippen LogP contribution >= 0.6 is 0 Å². The molecule has 2 heteroatoms. The SMILES string of the molecule is C#C[C@]1(O)CCN(C)C1. The zero-order chi connectivity index (χ0) is 6.91. The summed E-state index contributed by atoms with van der Waals surface area (Å²) in [6, 6.07) is 0. The molecular formula is C7H11NO. The Morgan fingerprint density at radius 2 is 2.44 bits per heavy atom. The lowest BCUT2D eigenvalue weighted by Crippen LogP contribution is -2.29. The molecule has 1 N–H and O–H groups in total. The van der Waals surface area contributed by atoms with Gasteiger partial charge in [-0.3, -0.25) is 0 Å². The second-order valence-corrected chi connectivity index (χ2v) is 2.66. The van der Waals surface area contributed by atoms with Gasteiger partial charge in [0.15, 0.2) is 0 Å². The number of β-amino-alcohol motifs (C(OH)–C–C–N with tert-alkyl or cyclic N) is 1. The Labute approximate surface area is 55.5 Å². The van der Waals surface area contributed by atoms with Gasteiger partial charge in [0.2, 0.25) is 0 Å². The van der Waals surface area contributed by atoms with Gasteiger partial charge < -0.3 is 10.0 Å². The first-order valence-corrected chi connectivity index (χ1v) is 3.05. The van der Waals surface area contributed by atoms with E-state index in [1.54, 1.807) is 0 Å². The van der Waals surface area contributed by atoms with Gasteiger partial charge in [-0.25, -0.2) is 0 Å². The molecule has 1 fully saturated rings. The summed E-state index contributed by atoms with van der Waals surface area (Å²) in [4.78, 5) is 2.03. The van der Waals surface area contributed by atoms with Crippen LogP contribution in [0.3, 0.4) is 0 Å². The van der Waals surface area contributed by atoms with Crippen molar-refractivity contribution >= 4 is 0 Å². The second kappa shape index (κ2) is 2.02. The van der Waals surface area contributed by atoms with Gasteiger partial charge in [-0.1, -0.05) is 5.92 Å². The van der Waals surface area contributed by atoms with E-state index in [1.165, 1.54) is 0 Å². The van der Waals surface area contributed by atoms with Crippen molar-refractivity contribution in [3.63, 3.8) is 0 Å². The fraction of sp³-hybridized carbons (Fsp3) is 0.714. The molecule has 0 saturated carbocycles. The summed E-state index contributed by atoms with van der Waals surface area (Å²) in [5, 5.41) is 9.39. The highest BCUT2D eigenvalue weighted by Crippen LogP contribution is 2.17. The maximum atomic E-state index is 9.39. The molecule has 0 aromatic heterocycles. The van der Waals surface area contributed by atoms with E-state index < -0.39 is 5.60 Å². The molecule has 0 unspecified atom stereocenters. The largest absolute Gasteiger partial charge is 0.376 e. The first-order valence-electron chi connectivity index (χ1n) is 3.05. The van der Waals surface area contributed by atoms with E-state index in [0.29, 0.717) is 13.0 Å². The van der Waals surface area contributed by atoms with Gasteiger partial charge >= 0.3 is 0 Å². The molecule has 1 aliphatic heterocycles. The maximum absolute atomic E-state index is 9.39. The highest BCUT2D eigenvalue weighted by atomic mass is 16.3. The minimum atomic E-state index is -0.839. The van der Waals surface area contributed by atoms with Crippen molar-refractivity contribution in [1.29, 1.82) is 0 Å². The minimum absolute atomic E-state index is 0.615. The van der Waals surface area contributed by atoms with E-state index >= 15 is 0 Å². The molecule has 50 valence electrons. The summed E-state index contributed by atoms with van der Waals surface area (Å²) in [5.41, 5.74) is -0.839. The minimum Gasteiger partial charge on any atom is -0.376 e. The van der Waals surface area contributed by atoms with E-state index in [4.69, 9.17) is 6.42 Å². The Bertz CT molecular complexity index is 149. The Kier molecular flexibility index (Phi) is 1.48. The van der Waals surface area contributed by atoms with Crippen molar-refractivity contribution in [2.75, 3.05) is 20.1 Å². The lowest BCUT2D eigenvalue weighted by Gasteiger charge is -2.13. The van der Waals surface area contributed by atoms with Crippen molar-refractivity contribution < 1.29 is 5.11 Å². The van der Waals surface area contributed by atoms with Crippen LogP contribution in [-0.2, 0) is 0 Å². The van der Waals surface area contributed by atoms with Gasteiger partial charge in [0.25, 0.3) is 0 Å². The van der Waals surface area contributed by atoms with Crippen LogP contribution in [0.5, 0.6) is 0 Å². The molecule has 0 amide bonds. The summed E-state index contributed by atoms with van der Waals surface area (Å²) in [5.74, 6) is 2.38. The molecular weight excluding hydrogens is 114 g/mol. The molecule has 1 aliphatic rings. The zero-order valence-electron chi connectivity index (χ0n) is 5.59. The number of nitrogens with zero attached hydrogens (tertiary/aromatic N) is 1. The van der Waals surface area contributed by atoms with E-state index in [9.17, 15) is 5.11 Å². The number of rotatable bonds is 0. The van der Waals surface area contributed by atoms with Gasteiger partial charge in [-0.05, 0) is 7.05 Å². The summed E-state index contributed by atoms with van der Waals surface area (Å²) in [7, 11) is 1.95. The molecule has 1 saturated heterocycles. The normalized spacial score (nSPS) is 36.6. The fourth-order valence-electron chi connectivity index (χ4n) is 1.10.